The summed E-state index contributed by atoms with van der Waals surface area (Å²) in [6.45, 7) is 1.74. The summed E-state index contributed by atoms with van der Waals surface area (Å²) in [4.78, 5) is 3.83. The van der Waals surface area contributed by atoms with Gasteiger partial charge in [-0.25, -0.2) is 17.8 Å². The number of halogens is 2. The number of aryl methyl sites for hydroxylation is 1. The van der Waals surface area contributed by atoms with E-state index in [0.29, 0.717) is 5.69 Å². The van der Waals surface area contributed by atoms with E-state index < -0.39 is 15.8 Å². The van der Waals surface area contributed by atoms with Crippen molar-refractivity contribution in [1.29, 1.82) is 0 Å². The Balaban J connectivity index is 2.38. The van der Waals surface area contributed by atoms with Crippen LogP contribution in [-0.4, -0.2) is 13.4 Å². The number of aromatic nitrogens is 1. The molecule has 0 aliphatic heterocycles. The summed E-state index contributed by atoms with van der Waals surface area (Å²) in [5, 5.41) is -0.180. The van der Waals surface area contributed by atoms with Crippen LogP contribution < -0.4 is 4.72 Å². The van der Waals surface area contributed by atoms with Gasteiger partial charge in [0.25, 0.3) is 10.0 Å². The van der Waals surface area contributed by atoms with Gasteiger partial charge in [-0.1, -0.05) is 17.7 Å². The third kappa shape index (κ3) is 3.21. The molecule has 0 saturated heterocycles. The van der Waals surface area contributed by atoms with Gasteiger partial charge in [0.2, 0.25) is 0 Å². The van der Waals surface area contributed by atoms with E-state index in [4.69, 9.17) is 11.6 Å². The molecule has 19 heavy (non-hydrogen) atoms. The summed E-state index contributed by atoms with van der Waals surface area (Å²) in [6, 6.07) is 8.01. The fourth-order valence-corrected chi connectivity index (χ4v) is 3.02. The minimum Gasteiger partial charge on any atom is -0.263 e. The number of benzene rings is 1. The first kappa shape index (κ1) is 13.8. The van der Waals surface area contributed by atoms with Gasteiger partial charge in [-0.15, -0.1) is 0 Å². The van der Waals surface area contributed by atoms with Crippen molar-refractivity contribution in [2.45, 2.75) is 11.8 Å². The molecular formula is C12H10ClFN2O2S. The molecule has 0 amide bonds. The van der Waals surface area contributed by atoms with Crippen molar-refractivity contribution in [3.8, 4) is 0 Å². The van der Waals surface area contributed by atoms with Gasteiger partial charge >= 0.3 is 0 Å². The first-order valence-electron chi connectivity index (χ1n) is 5.30. The molecule has 100 valence electrons. The van der Waals surface area contributed by atoms with E-state index in [9.17, 15) is 12.8 Å². The quantitative estimate of drug-likeness (QED) is 0.948. The van der Waals surface area contributed by atoms with Crippen LogP contribution in [0.2, 0.25) is 5.02 Å². The number of pyridine rings is 1. The number of hydrogen-bond donors (Lipinski definition) is 1. The molecular weight excluding hydrogens is 291 g/mol. The molecule has 0 atom stereocenters. The summed E-state index contributed by atoms with van der Waals surface area (Å²) in [5.41, 5.74) is 0.672. The van der Waals surface area contributed by atoms with E-state index in [1.54, 1.807) is 19.1 Å². The zero-order valence-electron chi connectivity index (χ0n) is 9.89. The molecule has 0 spiro atoms. The fourth-order valence-electron chi connectivity index (χ4n) is 1.49. The molecule has 0 fully saturated rings. The average molecular weight is 301 g/mol. The standard InChI is InChI=1S/C12H10ClFN2O2S/c1-8-3-2-4-12(15-8)16-19(17,18)11-6-5-9(14)7-10(11)13/h2-7H,1H3,(H,15,16). The number of nitrogens with zero attached hydrogens (tertiary/aromatic N) is 1. The Morgan fingerprint density at radius 3 is 2.63 bits per heavy atom. The predicted molar refractivity (Wildman–Crippen MR) is 71.2 cm³/mol. The maximum Gasteiger partial charge on any atom is 0.264 e. The second-order valence-corrected chi connectivity index (χ2v) is 5.90. The second-order valence-electron chi connectivity index (χ2n) is 3.84. The van der Waals surface area contributed by atoms with Crippen LogP contribution in [0, 0.1) is 12.7 Å². The highest BCUT2D eigenvalue weighted by Gasteiger charge is 2.18. The summed E-state index contributed by atoms with van der Waals surface area (Å²) in [6.07, 6.45) is 0. The molecule has 0 saturated carbocycles. The zero-order chi connectivity index (χ0) is 14.0. The maximum absolute atomic E-state index is 12.9. The molecule has 1 N–H and O–H groups in total. The van der Waals surface area contributed by atoms with Crippen molar-refractivity contribution in [2.75, 3.05) is 4.72 Å². The Bertz CT molecular complexity index is 719. The van der Waals surface area contributed by atoms with Gasteiger partial charge in [0.15, 0.2) is 0 Å². The van der Waals surface area contributed by atoms with Crippen LogP contribution in [0.3, 0.4) is 0 Å². The van der Waals surface area contributed by atoms with Gasteiger partial charge < -0.3 is 0 Å². The topological polar surface area (TPSA) is 59.1 Å². The summed E-state index contributed by atoms with van der Waals surface area (Å²) in [7, 11) is -3.89. The SMILES string of the molecule is Cc1cccc(NS(=O)(=O)c2ccc(F)cc2Cl)n1. The first-order valence-corrected chi connectivity index (χ1v) is 7.16. The zero-order valence-corrected chi connectivity index (χ0v) is 11.5. The van der Waals surface area contributed by atoms with Crippen molar-refractivity contribution in [3.63, 3.8) is 0 Å². The normalized spacial score (nSPS) is 11.3. The van der Waals surface area contributed by atoms with Gasteiger partial charge in [-0.3, -0.25) is 4.72 Å². The molecule has 4 nitrogen and oxygen atoms in total. The average Bonchev–Trinajstić information content (AvgIpc) is 2.27. The molecule has 0 aliphatic carbocycles. The van der Waals surface area contributed by atoms with Crippen LogP contribution in [0.5, 0.6) is 0 Å². The molecule has 1 aromatic carbocycles. The van der Waals surface area contributed by atoms with Gasteiger partial charge in [-0.05, 0) is 37.3 Å². The molecule has 0 bridgehead atoms. The van der Waals surface area contributed by atoms with E-state index in [1.807, 2.05) is 0 Å². The molecule has 0 aliphatic rings. The number of sulfonamides is 1. The third-order valence-corrected chi connectivity index (χ3v) is 4.15. The fraction of sp³-hybridized carbons (Fsp3) is 0.0833. The van der Waals surface area contributed by atoms with Crippen LogP contribution in [0.4, 0.5) is 10.2 Å². The molecule has 2 rings (SSSR count). The molecule has 1 aromatic heterocycles. The summed E-state index contributed by atoms with van der Waals surface area (Å²) < 4.78 is 39.4. The highest BCUT2D eigenvalue weighted by atomic mass is 35.5. The number of rotatable bonds is 3. The van der Waals surface area contributed by atoms with Crippen molar-refractivity contribution in [2.24, 2.45) is 0 Å². The number of nitrogens with one attached hydrogen (secondary N) is 1. The number of anilines is 1. The van der Waals surface area contributed by atoms with Gasteiger partial charge in [0, 0.05) is 5.69 Å². The predicted octanol–water partition coefficient (Wildman–Crippen LogP) is 2.98. The third-order valence-electron chi connectivity index (χ3n) is 2.31. The molecule has 2 aromatic rings. The lowest BCUT2D eigenvalue weighted by atomic mass is 10.3. The van der Waals surface area contributed by atoms with Gasteiger partial charge in [0.05, 0.1) is 5.02 Å². The van der Waals surface area contributed by atoms with Crippen LogP contribution >= 0.6 is 11.6 Å². The molecule has 0 unspecified atom stereocenters. The minimum absolute atomic E-state index is 0.180. The van der Waals surface area contributed by atoms with Gasteiger partial charge in [-0.2, -0.15) is 0 Å². The first-order chi connectivity index (χ1) is 8.88. The summed E-state index contributed by atoms with van der Waals surface area (Å²) in [5.74, 6) is -0.418. The van der Waals surface area contributed by atoms with E-state index in [2.05, 4.69) is 9.71 Å². The lowest BCUT2D eigenvalue weighted by Crippen LogP contribution is -2.14. The summed E-state index contributed by atoms with van der Waals surface area (Å²) >= 11 is 5.73. The largest absolute Gasteiger partial charge is 0.264 e. The van der Waals surface area contributed by atoms with Crippen LogP contribution in [0.1, 0.15) is 5.69 Å². The van der Waals surface area contributed by atoms with Crippen molar-refractivity contribution >= 4 is 27.4 Å². The smallest absolute Gasteiger partial charge is 0.263 e. The van der Waals surface area contributed by atoms with Crippen molar-refractivity contribution in [1.82, 2.24) is 4.98 Å². The van der Waals surface area contributed by atoms with E-state index in [0.717, 1.165) is 18.2 Å². The van der Waals surface area contributed by atoms with Crippen LogP contribution in [0.15, 0.2) is 41.3 Å². The minimum atomic E-state index is -3.89. The lowest BCUT2D eigenvalue weighted by molar-refractivity contribution is 0.599. The number of hydrogen-bond acceptors (Lipinski definition) is 3. The maximum atomic E-state index is 12.9. The Labute approximate surface area is 115 Å². The highest BCUT2D eigenvalue weighted by Crippen LogP contribution is 2.24. The van der Waals surface area contributed by atoms with Crippen LogP contribution in [-0.2, 0) is 10.0 Å². The van der Waals surface area contributed by atoms with Crippen molar-refractivity contribution in [3.05, 3.63) is 52.9 Å². The van der Waals surface area contributed by atoms with E-state index >= 15 is 0 Å². The van der Waals surface area contributed by atoms with Crippen molar-refractivity contribution < 1.29 is 12.8 Å². The molecule has 1 heterocycles. The van der Waals surface area contributed by atoms with Gasteiger partial charge in [0.1, 0.15) is 16.5 Å². The Hall–Kier alpha value is -1.66. The second kappa shape index (κ2) is 5.14. The van der Waals surface area contributed by atoms with E-state index in [-0.39, 0.29) is 15.7 Å². The van der Waals surface area contributed by atoms with Crippen LogP contribution in [0.25, 0.3) is 0 Å². The highest BCUT2D eigenvalue weighted by molar-refractivity contribution is 7.92. The monoisotopic (exact) mass is 300 g/mol. The van der Waals surface area contributed by atoms with E-state index in [1.165, 1.54) is 6.07 Å². The Morgan fingerprint density at radius 1 is 1.26 bits per heavy atom. The molecule has 0 radical (unpaired) electrons. The Kier molecular flexibility index (Phi) is 3.73. The molecule has 7 heteroatoms. The lowest BCUT2D eigenvalue weighted by Gasteiger charge is -2.09. The Morgan fingerprint density at radius 2 is 2.00 bits per heavy atom.